The standard InChI is InChI=1S/C30H41N3O5/c1-8-15-31(21-13-11-10-12-14-21)25(35)22-23-26(36)32(17-18-34)24(27(37)33(16-9-2)28(4,5)6)30(23)19-20(3)29(22,7)38-30/h8-14,20,22-24,34H,1-2,15-19H2,3-7H3/t20?,22-,23+,24?,29+,30?/m1/s1. The van der Waals surface area contributed by atoms with Gasteiger partial charge < -0.3 is 24.5 Å². The zero-order valence-corrected chi connectivity index (χ0v) is 23.2. The molecule has 0 aromatic heterocycles. The lowest BCUT2D eigenvalue weighted by Crippen LogP contribution is -2.60. The Balaban J connectivity index is 1.84. The Bertz CT molecular complexity index is 1110. The van der Waals surface area contributed by atoms with Gasteiger partial charge in [0.25, 0.3) is 0 Å². The molecule has 0 aliphatic carbocycles. The predicted octanol–water partition coefficient (Wildman–Crippen LogP) is 3.02. The lowest BCUT2D eigenvalue weighted by atomic mass is 9.62. The number of amides is 3. The Morgan fingerprint density at radius 1 is 1.16 bits per heavy atom. The number of ether oxygens (including phenoxy) is 1. The van der Waals surface area contributed by atoms with E-state index in [-0.39, 0.29) is 43.3 Å². The summed E-state index contributed by atoms with van der Waals surface area (Å²) in [5, 5.41) is 9.90. The summed E-state index contributed by atoms with van der Waals surface area (Å²) in [6.07, 6.45) is 3.81. The Morgan fingerprint density at radius 2 is 1.79 bits per heavy atom. The van der Waals surface area contributed by atoms with Gasteiger partial charge in [-0.25, -0.2) is 0 Å². The van der Waals surface area contributed by atoms with Crippen molar-refractivity contribution in [1.82, 2.24) is 9.80 Å². The van der Waals surface area contributed by atoms with Crippen LogP contribution in [0.3, 0.4) is 0 Å². The molecule has 1 aromatic carbocycles. The molecule has 3 saturated heterocycles. The quantitative estimate of drug-likeness (QED) is 0.503. The number of rotatable bonds is 9. The Hall–Kier alpha value is -2.97. The molecule has 8 heteroatoms. The van der Waals surface area contributed by atoms with E-state index in [1.54, 1.807) is 22.0 Å². The van der Waals surface area contributed by atoms with Crippen molar-refractivity contribution >= 4 is 23.4 Å². The average molecular weight is 524 g/mol. The second kappa shape index (κ2) is 9.97. The monoisotopic (exact) mass is 523 g/mol. The molecule has 3 amide bonds. The lowest BCUT2D eigenvalue weighted by molar-refractivity contribution is -0.155. The molecule has 0 radical (unpaired) electrons. The number of aliphatic hydroxyl groups excluding tert-OH is 1. The zero-order chi connectivity index (χ0) is 28.0. The van der Waals surface area contributed by atoms with Gasteiger partial charge >= 0.3 is 0 Å². The van der Waals surface area contributed by atoms with Crippen LogP contribution in [0, 0.1) is 17.8 Å². The van der Waals surface area contributed by atoms with Gasteiger partial charge in [-0.2, -0.15) is 0 Å². The number of benzene rings is 1. The smallest absolute Gasteiger partial charge is 0.249 e. The fourth-order valence-corrected chi connectivity index (χ4v) is 6.94. The van der Waals surface area contributed by atoms with Crippen molar-refractivity contribution in [3.05, 3.63) is 55.6 Å². The average Bonchev–Trinajstić information content (AvgIpc) is 3.37. The van der Waals surface area contributed by atoms with Gasteiger partial charge in [-0.3, -0.25) is 14.4 Å². The number of nitrogens with zero attached hydrogens (tertiary/aromatic N) is 3. The minimum atomic E-state index is -1.17. The highest BCUT2D eigenvalue weighted by molar-refractivity contribution is 6.03. The summed E-state index contributed by atoms with van der Waals surface area (Å²) < 4.78 is 6.81. The van der Waals surface area contributed by atoms with E-state index in [9.17, 15) is 19.5 Å². The number of para-hydroxylation sites is 1. The zero-order valence-electron chi connectivity index (χ0n) is 23.2. The first kappa shape index (κ1) is 28.0. The molecule has 4 rings (SSSR count). The molecule has 1 aromatic rings. The molecule has 8 nitrogen and oxygen atoms in total. The van der Waals surface area contributed by atoms with Gasteiger partial charge in [0.05, 0.1) is 24.0 Å². The molecule has 38 heavy (non-hydrogen) atoms. The van der Waals surface area contributed by atoms with Crippen LogP contribution in [0.2, 0.25) is 0 Å². The summed E-state index contributed by atoms with van der Waals surface area (Å²) in [7, 11) is 0. The van der Waals surface area contributed by atoms with E-state index in [0.29, 0.717) is 18.7 Å². The van der Waals surface area contributed by atoms with Gasteiger partial charge in [-0.1, -0.05) is 37.3 Å². The summed E-state index contributed by atoms with van der Waals surface area (Å²) >= 11 is 0. The first-order chi connectivity index (χ1) is 17.9. The molecule has 3 heterocycles. The van der Waals surface area contributed by atoms with Crippen molar-refractivity contribution in [1.29, 1.82) is 0 Å². The van der Waals surface area contributed by atoms with Crippen LogP contribution >= 0.6 is 0 Å². The maximum Gasteiger partial charge on any atom is 0.249 e. The molecule has 6 atom stereocenters. The third-order valence-electron chi connectivity index (χ3n) is 8.69. The molecule has 1 spiro atoms. The van der Waals surface area contributed by atoms with Crippen LogP contribution < -0.4 is 4.90 Å². The summed E-state index contributed by atoms with van der Waals surface area (Å²) in [6, 6.07) is 8.37. The van der Waals surface area contributed by atoms with Gasteiger partial charge in [0.1, 0.15) is 11.6 Å². The Labute approximate surface area is 225 Å². The summed E-state index contributed by atoms with van der Waals surface area (Å²) in [6.45, 7) is 17.7. The van der Waals surface area contributed by atoms with Gasteiger partial charge in [-0.15, -0.1) is 13.2 Å². The van der Waals surface area contributed by atoms with Crippen LogP contribution in [0.1, 0.15) is 41.0 Å². The number of β-amino-alcohol motifs (C(OH)–C–C–N with tert-alkyl or cyclic N) is 1. The van der Waals surface area contributed by atoms with E-state index >= 15 is 0 Å². The van der Waals surface area contributed by atoms with Crippen LogP contribution in [-0.4, -0.2) is 81.7 Å². The molecule has 3 aliphatic rings. The van der Waals surface area contributed by atoms with Gasteiger partial charge in [0.15, 0.2) is 0 Å². The largest absolute Gasteiger partial charge is 0.395 e. The van der Waals surface area contributed by atoms with Crippen molar-refractivity contribution < 1.29 is 24.2 Å². The van der Waals surface area contributed by atoms with Crippen molar-refractivity contribution in [3.63, 3.8) is 0 Å². The summed E-state index contributed by atoms with van der Waals surface area (Å²) in [5.41, 5.74) is -1.93. The fraction of sp³-hybridized carbons (Fsp3) is 0.567. The topological polar surface area (TPSA) is 90.4 Å². The number of carbonyl (C=O) groups excluding carboxylic acids is 3. The minimum absolute atomic E-state index is 0.00994. The van der Waals surface area contributed by atoms with Gasteiger partial charge in [0.2, 0.25) is 17.7 Å². The lowest BCUT2D eigenvalue weighted by Gasteiger charge is -2.42. The number of anilines is 1. The Kier molecular flexibility index (Phi) is 7.36. The number of fused-ring (bicyclic) bond motifs is 1. The first-order valence-electron chi connectivity index (χ1n) is 13.4. The minimum Gasteiger partial charge on any atom is -0.395 e. The SMILES string of the molecule is C=CCN(C(=O)[C@H]1[C@H]2C(=O)N(CCO)C(C(=O)N(CC=C)C(C)(C)C)C23CC(C)[C@]1(C)O3)c1ccccc1. The molecular formula is C30H41N3O5. The third kappa shape index (κ3) is 4.09. The number of hydrogen-bond acceptors (Lipinski definition) is 5. The second-order valence-electron chi connectivity index (χ2n) is 11.9. The highest BCUT2D eigenvalue weighted by atomic mass is 16.5. The van der Waals surface area contributed by atoms with Gasteiger partial charge in [-0.05, 0) is 52.2 Å². The van der Waals surface area contributed by atoms with Crippen LogP contribution in [-0.2, 0) is 19.1 Å². The molecule has 1 N–H and O–H groups in total. The van der Waals surface area contributed by atoms with Crippen molar-refractivity contribution in [2.45, 2.75) is 63.8 Å². The normalized spacial score (nSPS) is 31.7. The molecule has 206 valence electrons. The van der Waals surface area contributed by atoms with Crippen molar-refractivity contribution in [2.75, 3.05) is 31.1 Å². The van der Waals surface area contributed by atoms with E-state index in [4.69, 9.17) is 4.74 Å². The predicted molar refractivity (Wildman–Crippen MR) is 146 cm³/mol. The van der Waals surface area contributed by atoms with E-state index in [1.165, 1.54) is 4.90 Å². The highest BCUT2D eigenvalue weighted by Crippen LogP contribution is 2.65. The van der Waals surface area contributed by atoms with Crippen molar-refractivity contribution in [2.24, 2.45) is 17.8 Å². The van der Waals surface area contributed by atoms with Crippen LogP contribution in [0.4, 0.5) is 5.69 Å². The molecule has 3 aliphatic heterocycles. The molecule has 3 fully saturated rings. The van der Waals surface area contributed by atoms with E-state index < -0.39 is 34.6 Å². The van der Waals surface area contributed by atoms with E-state index in [0.717, 1.165) is 0 Å². The van der Waals surface area contributed by atoms with E-state index in [2.05, 4.69) is 13.2 Å². The van der Waals surface area contributed by atoms with Gasteiger partial charge in [0, 0.05) is 30.9 Å². The fourth-order valence-electron chi connectivity index (χ4n) is 6.94. The maximum absolute atomic E-state index is 14.4. The first-order valence-corrected chi connectivity index (χ1v) is 13.4. The van der Waals surface area contributed by atoms with Crippen LogP contribution in [0.25, 0.3) is 0 Å². The van der Waals surface area contributed by atoms with E-state index in [1.807, 2.05) is 65.0 Å². The molecule has 2 bridgehead atoms. The number of hydrogen-bond donors (Lipinski definition) is 1. The number of likely N-dealkylation sites (tertiary alicyclic amines) is 1. The van der Waals surface area contributed by atoms with Crippen LogP contribution in [0.15, 0.2) is 55.6 Å². The molecule has 3 unspecified atom stereocenters. The number of aliphatic hydroxyl groups is 1. The molecule has 0 saturated carbocycles. The Morgan fingerprint density at radius 3 is 2.34 bits per heavy atom. The maximum atomic E-state index is 14.4. The van der Waals surface area contributed by atoms with Crippen molar-refractivity contribution in [3.8, 4) is 0 Å². The highest BCUT2D eigenvalue weighted by Gasteiger charge is 2.80. The summed E-state index contributed by atoms with van der Waals surface area (Å²) in [5.74, 6) is -2.49. The molecular weight excluding hydrogens is 482 g/mol. The second-order valence-corrected chi connectivity index (χ2v) is 11.9. The van der Waals surface area contributed by atoms with Crippen LogP contribution in [0.5, 0.6) is 0 Å². The summed E-state index contributed by atoms with van der Waals surface area (Å²) in [4.78, 5) is 47.6. The number of carbonyl (C=O) groups is 3. The third-order valence-corrected chi connectivity index (χ3v) is 8.69.